The number of carbonyl (C=O) groups excluding carboxylic acids is 2. The van der Waals surface area contributed by atoms with Crippen LogP contribution >= 0.6 is 0 Å². The highest BCUT2D eigenvalue weighted by Crippen LogP contribution is 2.33. The predicted molar refractivity (Wildman–Crippen MR) is 73.1 cm³/mol. The van der Waals surface area contributed by atoms with E-state index in [1.807, 2.05) is 0 Å². The molecule has 6 heteroatoms. The fourth-order valence-electron chi connectivity index (χ4n) is 2.29. The molecule has 1 aliphatic rings. The first-order chi connectivity index (χ1) is 10.0. The molecule has 0 fully saturated rings. The lowest BCUT2D eigenvalue weighted by Crippen LogP contribution is -2.30. The highest BCUT2D eigenvalue weighted by molar-refractivity contribution is 6.36. The van der Waals surface area contributed by atoms with Gasteiger partial charge in [0.05, 0.1) is 28.4 Å². The number of benzene rings is 2. The number of nitrogen functional groups attached to an aromatic ring is 1. The van der Waals surface area contributed by atoms with Crippen molar-refractivity contribution in [1.82, 2.24) is 0 Å². The van der Waals surface area contributed by atoms with E-state index in [-0.39, 0.29) is 28.1 Å². The minimum absolute atomic E-state index is 0.0752. The van der Waals surface area contributed by atoms with Gasteiger partial charge in [-0.05, 0) is 30.3 Å². The maximum absolute atomic E-state index is 14.0. The van der Waals surface area contributed by atoms with Gasteiger partial charge in [0.25, 0.3) is 11.8 Å². The van der Waals surface area contributed by atoms with E-state index in [1.54, 1.807) is 12.1 Å². The molecule has 2 amide bonds. The Bertz CT molecular complexity index is 839. The van der Waals surface area contributed by atoms with E-state index in [1.165, 1.54) is 24.3 Å². The molecule has 0 bridgehead atoms. The fourth-order valence-corrected chi connectivity index (χ4v) is 2.29. The van der Waals surface area contributed by atoms with E-state index in [2.05, 4.69) is 0 Å². The van der Waals surface area contributed by atoms with E-state index in [0.29, 0.717) is 0 Å². The number of nitriles is 1. The maximum Gasteiger partial charge on any atom is 0.268 e. The average Bonchev–Trinajstić information content (AvgIpc) is 2.72. The zero-order chi connectivity index (χ0) is 15.1. The summed E-state index contributed by atoms with van der Waals surface area (Å²) in [4.78, 5) is 25.3. The summed E-state index contributed by atoms with van der Waals surface area (Å²) in [7, 11) is 0. The summed E-state index contributed by atoms with van der Waals surface area (Å²) in [6.07, 6.45) is 0. The Kier molecular flexibility index (Phi) is 2.70. The Balaban J connectivity index is 2.15. The van der Waals surface area contributed by atoms with Crippen molar-refractivity contribution in [3.63, 3.8) is 0 Å². The van der Waals surface area contributed by atoms with Gasteiger partial charge >= 0.3 is 0 Å². The van der Waals surface area contributed by atoms with Gasteiger partial charge in [-0.25, -0.2) is 9.29 Å². The maximum atomic E-state index is 14.0. The molecule has 0 atom stereocenters. The summed E-state index contributed by atoms with van der Waals surface area (Å²) < 4.78 is 14.0. The third-order valence-corrected chi connectivity index (χ3v) is 3.26. The number of halogens is 1. The van der Waals surface area contributed by atoms with Crippen LogP contribution in [0.1, 0.15) is 26.3 Å². The zero-order valence-electron chi connectivity index (χ0n) is 10.6. The van der Waals surface area contributed by atoms with Gasteiger partial charge in [-0.1, -0.05) is 6.07 Å². The lowest BCUT2D eigenvalue weighted by atomic mass is 10.1. The molecule has 2 aromatic rings. The quantitative estimate of drug-likeness (QED) is 0.640. The molecule has 0 aromatic heterocycles. The number of rotatable bonds is 1. The van der Waals surface area contributed by atoms with Gasteiger partial charge in [0, 0.05) is 5.69 Å². The topological polar surface area (TPSA) is 87.2 Å². The molecule has 21 heavy (non-hydrogen) atoms. The lowest BCUT2D eigenvalue weighted by molar-refractivity contribution is 0.0925. The van der Waals surface area contributed by atoms with Crippen LogP contribution in [0.25, 0.3) is 0 Å². The van der Waals surface area contributed by atoms with Crippen molar-refractivity contribution in [2.45, 2.75) is 0 Å². The monoisotopic (exact) mass is 281 g/mol. The molecule has 0 radical (unpaired) electrons. The van der Waals surface area contributed by atoms with Crippen molar-refractivity contribution in [2.75, 3.05) is 10.6 Å². The van der Waals surface area contributed by atoms with Gasteiger partial charge in [-0.2, -0.15) is 5.26 Å². The Labute approximate surface area is 119 Å². The summed E-state index contributed by atoms with van der Waals surface area (Å²) in [6, 6.07) is 9.85. The van der Waals surface area contributed by atoms with Crippen molar-refractivity contribution in [3.05, 3.63) is 58.9 Å². The molecule has 0 saturated heterocycles. The number of nitrogens with zero attached hydrogens (tertiary/aromatic N) is 2. The smallest absolute Gasteiger partial charge is 0.268 e. The highest BCUT2D eigenvalue weighted by atomic mass is 19.1. The molecule has 1 heterocycles. The highest BCUT2D eigenvalue weighted by Gasteiger charge is 2.39. The number of fused-ring (bicyclic) bond motifs is 1. The van der Waals surface area contributed by atoms with Crippen LogP contribution < -0.4 is 10.6 Å². The molecule has 2 aromatic carbocycles. The van der Waals surface area contributed by atoms with E-state index in [4.69, 9.17) is 11.0 Å². The molecule has 5 nitrogen and oxygen atoms in total. The molecule has 102 valence electrons. The normalized spacial score (nSPS) is 13.2. The van der Waals surface area contributed by atoms with Crippen molar-refractivity contribution in [3.8, 4) is 6.07 Å². The third-order valence-electron chi connectivity index (χ3n) is 3.26. The number of hydrogen-bond acceptors (Lipinski definition) is 4. The Morgan fingerprint density at radius 1 is 1.14 bits per heavy atom. The summed E-state index contributed by atoms with van der Waals surface area (Å²) in [6.45, 7) is 0. The van der Waals surface area contributed by atoms with Crippen LogP contribution in [0.3, 0.4) is 0 Å². The molecule has 0 aliphatic carbocycles. The first kappa shape index (κ1) is 12.8. The first-order valence-electron chi connectivity index (χ1n) is 6.01. The van der Waals surface area contributed by atoms with Crippen LogP contribution in [-0.2, 0) is 0 Å². The first-order valence-corrected chi connectivity index (χ1v) is 6.01. The van der Waals surface area contributed by atoms with Crippen LogP contribution in [0.15, 0.2) is 36.4 Å². The van der Waals surface area contributed by atoms with Gasteiger partial charge < -0.3 is 5.73 Å². The van der Waals surface area contributed by atoms with Crippen LogP contribution in [0.4, 0.5) is 15.8 Å². The number of carbonyl (C=O) groups is 2. The van der Waals surface area contributed by atoms with Crippen LogP contribution in [-0.4, -0.2) is 11.8 Å². The second-order valence-electron chi connectivity index (χ2n) is 4.49. The van der Waals surface area contributed by atoms with Gasteiger partial charge in [0.15, 0.2) is 0 Å². The van der Waals surface area contributed by atoms with Crippen molar-refractivity contribution in [2.24, 2.45) is 0 Å². The third kappa shape index (κ3) is 1.75. The largest absolute Gasteiger partial charge is 0.398 e. The van der Waals surface area contributed by atoms with Crippen LogP contribution in [0.2, 0.25) is 0 Å². The Hall–Kier alpha value is -3.20. The number of anilines is 2. The molecule has 2 N–H and O–H groups in total. The zero-order valence-corrected chi connectivity index (χ0v) is 10.6. The second kappa shape index (κ2) is 4.42. The summed E-state index contributed by atoms with van der Waals surface area (Å²) in [5, 5.41) is 8.72. The molecule has 0 unspecified atom stereocenters. The molecular formula is C15H8FN3O2. The Morgan fingerprint density at radius 2 is 1.90 bits per heavy atom. The van der Waals surface area contributed by atoms with Crippen LogP contribution in [0.5, 0.6) is 0 Å². The molecule has 1 aliphatic heterocycles. The predicted octanol–water partition coefficient (Wildman–Crippen LogP) is 2.08. The second-order valence-corrected chi connectivity index (χ2v) is 4.49. The number of nitrogens with two attached hydrogens (primary N) is 1. The minimum atomic E-state index is -0.817. The standard InChI is InChI=1S/C15H8FN3O2/c16-10-6-8(7-17)4-5-12(10)19-14(20)9-2-1-3-11(18)13(9)15(19)21/h1-6H,18H2. The van der Waals surface area contributed by atoms with E-state index in [0.717, 1.165) is 11.0 Å². The van der Waals surface area contributed by atoms with Gasteiger partial charge in [-0.3, -0.25) is 9.59 Å². The van der Waals surface area contributed by atoms with Crippen LogP contribution in [0, 0.1) is 17.1 Å². The Morgan fingerprint density at radius 3 is 2.52 bits per heavy atom. The molecule has 0 spiro atoms. The molecule has 0 saturated carbocycles. The van der Waals surface area contributed by atoms with Gasteiger partial charge in [0.2, 0.25) is 0 Å². The number of hydrogen-bond donors (Lipinski definition) is 1. The molecule has 3 rings (SSSR count). The van der Waals surface area contributed by atoms with Crippen molar-refractivity contribution >= 4 is 23.2 Å². The minimum Gasteiger partial charge on any atom is -0.398 e. The summed E-state index contributed by atoms with van der Waals surface area (Å²) in [5.74, 6) is -2.12. The fraction of sp³-hybridized carbons (Fsp3) is 0. The SMILES string of the molecule is N#Cc1ccc(N2C(=O)c3cccc(N)c3C2=O)c(F)c1. The van der Waals surface area contributed by atoms with E-state index < -0.39 is 17.6 Å². The average molecular weight is 281 g/mol. The van der Waals surface area contributed by atoms with Crippen molar-refractivity contribution in [1.29, 1.82) is 5.26 Å². The number of amides is 2. The number of imide groups is 1. The van der Waals surface area contributed by atoms with Gasteiger partial charge in [0.1, 0.15) is 5.82 Å². The summed E-state index contributed by atoms with van der Waals surface area (Å²) in [5.41, 5.74) is 6.01. The lowest BCUT2D eigenvalue weighted by Gasteiger charge is -2.14. The van der Waals surface area contributed by atoms with E-state index >= 15 is 0 Å². The van der Waals surface area contributed by atoms with Gasteiger partial charge in [-0.15, -0.1) is 0 Å². The van der Waals surface area contributed by atoms with E-state index in [9.17, 15) is 14.0 Å². The summed E-state index contributed by atoms with van der Waals surface area (Å²) >= 11 is 0. The molecular weight excluding hydrogens is 273 g/mol. The van der Waals surface area contributed by atoms with Crippen molar-refractivity contribution < 1.29 is 14.0 Å².